The topological polar surface area (TPSA) is 57.4 Å². The van der Waals surface area contributed by atoms with Gasteiger partial charge in [0.25, 0.3) is 0 Å². The average molecular weight is 350 g/mol. The molecule has 0 saturated carbocycles. The van der Waals surface area contributed by atoms with Gasteiger partial charge in [-0.15, -0.1) is 12.4 Å². The molecule has 1 aromatic heterocycles. The number of piperidine rings is 1. The third-order valence-electron chi connectivity index (χ3n) is 5.25. The van der Waals surface area contributed by atoms with Gasteiger partial charge >= 0.3 is 0 Å². The van der Waals surface area contributed by atoms with Crippen molar-refractivity contribution in [1.82, 2.24) is 15.2 Å². The van der Waals surface area contributed by atoms with Gasteiger partial charge in [-0.3, -0.25) is 4.79 Å². The lowest BCUT2D eigenvalue weighted by molar-refractivity contribution is -0.140. The lowest BCUT2D eigenvalue weighted by Crippen LogP contribution is -2.50. The largest absolute Gasteiger partial charge is 0.368 e. The number of carbonyl (C=O) groups excluding carboxylic acids is 1. The van der Waals surface area contributed by atoms with Crippen molar-refractivity contribution in [3.05, 3.63) is 35.5 Å². The molecule has 2 aliphatic rings. The third kappa shape index (κ3) is 2.70. The monoisotopic (exact) mass is 349 g/mol. The number of aromatic nitrogens is 1. The number of aromatic amines is 1. The summed E-state index contributed by atoms with van der Waals surface area (Å²) in [4.78, 5) is 17.6. The Balaban J connectivity index is 0.00000169. The van der Waals surface area contributed by atoms with Gasteiger partial charge in [0.05, 0.1) is 18.8 Å². The number of nitrogens with zero attached hydrogens (tertiary/aromatic N) is 1. The molecular weight excluding hydrogens is 326 g/mol. The van der Waals surface area contributed by atoms with E-state index in [4.69, 9.17) is 4.74 Å². The van der Waals surface area contributed by atoms with Gasteiger partial charge in [0.1, 0.15) is 5.60 Å². The zero-order valence-electron chi connectivity index (χ0n) is 13.9. The fourth-order valence-corrected chi connectivity index (χ4v) is 4.04. The molecule has 5 nitrogen and oxygen atoms in total. The van der Waals surface area contributed by atoms with E-state index >= 15 is 0 Å². The van der Waals surface area contributed by atoms with Crippen molar-refractivity contribution in [2.24, 2.45) is 0 Å². The maximum Gasteiger partial charge on any atom is 0.236 e. The quantitative estimate of drug-likeness (QED) is 0.874. The van der Waals surface area contributed by atoms with E-state index in [0.717, 1.165) is 39.0 Å². The van der Waals surface area contributed by atoms with Crippen LogP contribution in [0.25, 0.3) is 10.9 Å². The Labute approximate surface area is 148 Å². The number of rotatable bonds is 2. The van der Waals surface area contributed by atoms with Gasteiger partial charge in [-0.25, -0.2) is 0 Å². The average Bonchev–Trinajstić information content (AvgIpc) is 2.96. The van der Waals surface area contributed by atoms with E-state index in [2.05, 4.69) is 34.6 Å². The first-order valence-corrected chi connectivity index (χ1v) is 8.40. The predicted octanol–water partition coefficient (Wildman–Crippen LogP) is 2.20. The van der Waals surface area contributed by atoms with E-state index < -0.39 is 0 Å². The maximum absolute atomic E-state index is 12.1. The SMILES string of the molecule is CNCC(=O)N1CCC2(CC1)OCCc1c2[nH]c2ccccc12.Cl. The molecule has 4 rings (SSSR count). The number of H-pyrrole nitrogens is 1. The van der Waals surface area contributed by atoms with Gasteiger partial charge in [0, 0.05) is 24.0 Å². The Hall–Kier alpha value is -1.56. The number of benzene rings is 1. The van der Waals surface area contributed by atoms with Crippen LogP contribution in [0, 0.1) is 0 Å². The van der Waals surface area contributed by atoms with Crippen molar-refractivity contribution >= 4 is 29.2 Å². The van der Waals surface area contributed by atoms with E-state index in [1.54, 1.807) is 0 Å². The second-order valence-corrected chi connectivity index (χ2v) is 6.53. The Morgan fingerprint density at radius 3 is 2.83 bits per heavy atom. The van der Waals surface area contributed by atoms with Crippen LogP contribution in [0.5, 0.6) is 0 Å². The number of likely N-dealkylation sites (N-methyl/N-ethyl adjacent to an activating group) is 1. The van der Waals surface area contributed by atoms with Gasteiger partial charge in [0.15, 0.2) is 0 Å². The molecule has 0 unspecified atom stereocenters. The fraction of sp³-hybridized carbons (Fsp3) is 0.500. The zero-order chi connectivity index (χ0) is 15.9. The number of para-hydroxylation sites is 1. The summed E-state index contributed by atoms with van der Waals surface area (Å²) >= 11 is 0. The number of hydrogen-bond donors (Lipinski definition) is 2. The first-order chi connectivity index (χ1) is 11.2. The Bertz CT molecular complexity index is 735. The van der Waals surface area contributed by atoms with Crippen molar-refractivity contribution in [2.45, 2.75) is 24.9 Å². The van der Waals surface area contributed by atoms with Crippen LogP contribution >= 0.6 is 12.4 Å². The lowest BCUT2D eigenvalue weighted by Gasteiger charge is -2.43. The van der Waals surface area contributed by atoms with Gasteiger partial charge in [-0.2, -0.15) is 0 Å². The summed E-state index contributed by atoms with van der Waals surface area (Å²) in [5.74, 6) is 0.176. The van der Waals surface area contributed by atoms with Gasteiger partial charge < -0.3 is 19.9 Å². The summed E-state index contributed by atoms with van der Waals surface area (Å²) in [6.45, 7) is 2.69. The summed E-state index contributed by atoms with van der Waals surface area (Å²) in [5.41, 5.74) is 3.59. The molecule has 2 N–H and O–H groups in total. The number of nitrogens with one attached hydrogen (secondary N) is 2. The molecular formula is C18H24ClN3O2. The highest BCUT2D eigenvalue weighted by atomic mass is 35.5. The molecule has 1 aromatic carbocycles. The zero-order valence-corrected chi connectivity index (χ0v) is 14.7. The van der Waals surface area contributed by atoms with Crippen LogP contribution < -0.4 is 5.32 Å². The minimum absolute atomic E-state index is 0. The van der Waals surface area contributed by atoms with Gasteiger partial charge in [-0.1, -0.05) is 18.2 Å². The summed E-state index contributed by atoms with van der Waals surface area (Å²) in [6, 6.07) is 8.48. The summed E-state index contributed by atoms with van der Waals surface area (Å²) in [6.07, 6.45) is 2.69. The molecule has 1 fully saturated rings. The fourth-order valence-electron chi connectivity index (χ4n) is 4.04. The molecule has 130 valence electrons. The third-order valence-corrected chi connectivity index (χ3v) is 5.25. The second kappa shape index (κ2) is 6.75. The number of halogens is 1. The lowest BCUT2D eigenvalue weighted by atomic mass is 9.83. The molecule has 1 spiro atoms. The smallest absolute Gasteiger partial charge is 0.236 e. The molecule has 1 saturated heterocycles. The molecule has 0 aliphatic carbocycles. The van der Waals surface area contributed by atoms with Crippen molar-refractivity contribution in [1.29, 1.82) is 0 Å². The molecule has 0 atom stereocenters. The van der Waals surface area contributed by atoms with Crippen LogP contribution in [0.4, 0.5) is 0 Å². The Morgan fingerprint density at radius 1 is 1.33 bits per heavy atom. The van der Waals surface area contributed by atoms with Crippen molar-refractivity contribution in [2.75, 3.05) is 33.3 Å². The Kier molecular flexibility index (Phi) is 4.85. The van der Waals surface area contributed by atoms with Crippen molar-refractivity contribution in [3.63, 3.8) is 0 Å². The van der Waals surface area contributed by atoms with Crippen LogP contribution in [0.1, 0.15) is 24.1 Å². The van der Waals surface area contributed by atoms with E-state index in [-0.39, 0.29) is 23.9 Å². The van der Waals surface area contributed by atoms with E-state index in [0.29, 0.717) is 6.54 Å². The molecule has 0 radical (unpaired) electrons. The normalized spacial score (nSPS) is 19.1. The maximum atomic E-state index is 12.1. The highest BCUT2D eigenvalue weighted by Gasteiger charge is 2.43. The van der Waals surface area contributed by atoms with Crippen LogP contribution in [-0.4, -0.2) is 49.1 Å². The summed E-state index contributed by atoms with van der Waals surface area (Å²) < 4.78 is 6.27. The highest BCUT2D eigenvalue weighted by Crippen LogP contribution is 2.43. The van der Waals surface area contributed by atoms with Crippen molar-refractivity contribution < 1.29 is 9.53 Å². The number of hydrogen-bond acceptors (Lipinski definition) is 3. The van der Waals surface area contributed by atoms with Gasteiger partial charge in [-0.05, 0) is 37.9 Å². The molecule has 6 heteroatoms. The van der Waals surface area contributed by atoms with Gasteiger partial charge in [0.2, 0.25) is 5.91 Å². The Morgan fingerprint density at radius 2 is 2.08 bits per heavy atom. The summed E-state index contributed by atoms with van der Waals surface area (Å²) in [7, 11) is 1.81. The minimum Gasteiger partial charge on any atom is -0.368 e. The van der Waals surface area contributed by atoms with Crippen LogP contribution in [0.3, 0.4) is 0 Å². The minimum atomic E-state index is -0.247. The van der Waals surface area contributed by atoms with E-state index in [1.165, 1.54) is 22.2 Å². The van der Waals surface area contributed by atoms with Crippen LogP contribution in [0.2, 0.25) is 0 Å². The first-order valence-electron chi connectivity index (χ1n) is 8.40. The number of likely N-dealkylation sites (tertiary alicyclic amines) is 1. The number of fused-ring (bicyclic) bond motifs is 4. The highest BCUT2D eigenvalue weighted by molar-refractivity contribution is 5.86. The molecule has 2 aliphatic heterocycles. The first kappa shape index (κ1) is 17.3. The second-order valence-electron chi connectivity index (χ2n) is 6.53. The predicted molar refractivity (Wildman–Crippen MR) is 96.6 cm³/mol. The molecule has 24 heavy (non-hydrogen) atoms. The van der Waals surface area contributed by atoms with Crippen molar-refractivity contribution in [3.8, 4) is 0 Å². The molecule has 2 aromatic rings. The van der Waals surface area contributed by atoms with Crippen LogP contribution in [-0.2, 0) is 21.6 Å². The number of carbonyl (C=O) groups is 1. The van der Waals surface area contributed by atoms with Crippen LogP contribution in [0.15, 0.2) is 24.3 Å². The molecule has 3 heterocycles. The summed E-state index contributed by atoms with van der Waals surface area (Å²) in [5, 5.41) is 4.26. The standard InChI is InChI=1S/C18H23N3O2.ClH/c1-19-12-16(22)21-9-7-18(8-10-21)17-14(6-11-23-18)13-4-2-3-5-15(13)20-17;/h2-5,19-20H,6-12H2,1H3;1H. The van der Waals surface area contributed by atoms with E-state index in [9.17, 15) is 4.79 Å². The van der Waals surface area contributed by atoms with E-state index in [1.807, 2.05) is 11.9 Å². The molecule has 0 bridgehead atoms. The number of amides is 1. The number of ether oxygens (including phenoxy) is 1. The molecule has 1 amide bonds.